The van der Waals surface area contributed by atoms with Crippen molar-refractivity contribution < 1.29 is 9.53 Å². The van der Waals surface area contributed by atoms with Gasteiger partial charge in [-0.2, -0.15) is 11.8 Å². The molecule has 1 aliphatic carbocycles. The number of carbonyl (C=O) groups excluding carboxylic acids is 1. The molecule has 0 spiro atoms. The van der Waals surface area contributed by atoms with Crippen LogP contribution in [-0.4, -0.2) is 48.6 Å². The quantitative estimate of drug-likeness (QED) is 0.679. The number of piperidine rings is 1. The monoisotopic (exact) mass is 390 g/mol. The number of carbonyl (C=O) groups is 1. The van der Waals surface area contributed by atoms with Gasteiger partial charge in [0.2, 0.25) is 5.91 Å². The van der Waals surface area contributed by atoms with Crippen molar-refractivity contribution in [1.82, 2.24) is 10.2 Å². The Morgan fingerprint density at radius 1 is 1.19 bits per heavy atom. The largest absolute Gasteiger partial charge is 0.497 e. The van der Waals surface area contributed by atoms with Gasteiger partial charge in [-0.3, -0.25) is 9.69 Å². The lowest BCUT2D eigenvalue weighted by Crippen LogP contribution is -2.40. The Hall–Kier alpha value is -1.20. The molecule has 27 heavy (non-hydrogen) atoms. The molecule has 1 N–H and O–H groups in total. The smallest absolute Gasteiger partial charge is 0.223 e. The van der Waals surface area contributed by atoms with Gasteiger partial charge in [-0.05, 0) is 56.5 Å². The van der Waals surface area contributed by atoms with Gasteiger partial charge in [0.15, 0.2) is 0 Å². The number of nitrogens with zero attached hydrogens (tertiary/aromatic N) is 1. The van der Waals surface area contributed by atoms with Gasteiger partial charge in [0.25, 0.3) is 0 Å². The Kier molecular flexibility index (Phi) is 8.34. The van der Waals surface area contributed by atoms with Crippen LogP contribution in [0, 0.1) is 5.92 Å². The highest BCUT2D eigenvalue weighted by atomic mass is 32.2. The molecular formula is C22H34N2O2S. The molecule has 0 bridgehead atoms. The van der Waals surface area contributed by atoms with Gasteiger partial charge >= 0.3 is 0 Å². The van der Waals surface area contributed by atoms with Gasteiger partial charge in [-0.15, -0.1) is 0 Å². The summed E-state index contributed by atoms with van der Waals surface area (Å²) in [4.78, 5) is 14.9. The number of likely N-dealkylation sites (tertiary alicyclic amines) is 1. The van der Waals surface area contributed by atoms with Crippen LogP contribution in [0.4, 0.5) is 0 Å². The van der Waals surface area contributed by atoms with Crippen LogP contribution in [0.2, 0.25) is 0 Å². The van der Waals surface area contributed by atoms with Gasteiger partial charge in [-0.25, -0.2) is 0 Å². The van der Waals surface area contributed by atoms with E-state index in [1.807, 2.05) is 12.1 Å². The average Bonchev–Trinajstić information content (AvgIpc) is 2.72. The molecule has 1 heterocycles. The maximum absolute atomic E-state index is 12.4. The van der Waals surface area contributed by atoms with E-state index in [2.05, 4.69) is 34.1 Å². The van der Waals surface area contributed by atoms with E-state index in [9.17, 15) is 4.79 Å². The number of methoxy groups -OCH3 is 1. The lowest BCUT2D eigenvalue weighted by molar-refractivity contribution is -0.126. The van der Waals surface area contributed by atoms with Crippen molar-refractivity contribution >= 4 is 17.7 Å². The molecule has 4 nitrogen and oxygen atoms in total. The van der Waals surface area contributed by atoms with Crippen LogP contribution in [0.3, 0.4) is 0 Å². The maximum Gasteiger partial charge on any atom is 0.223 e. The molecule has 1 aromatic rings. The van der Waals surface area contributed by atoms with Gasteiger partial charge in [0.1, 0.15) is 5.75 Å². The predicted octanol–water partition coefficient (Wildman–Crippen LogP) is 4.09. The fourth-order valence-corrected chi connectivity index (χ4v) is 5.38. The Morgan fingerprint density at radius 2 is 1.96 bits per heavy atom. The number of benzene rings is 1. The molecule has 0 unspecified atom stereocenters. The molecule has 1 aliphatic heterocycles. The van der Waals surface area contributed by atoms with Crippen LogP contribution >= 0.6 is 11.8 Å². The highest BCUT2D eigenvalue weighted by Crippen LogP contribution is 2.28. The van der Waals surface area contributed by atoms with Crippen molar-refractivity contribution in [2.45, 2.75) is 56.7 Å². The second-order valence-electron chi connectivity index (χ2n) is 7.82. The van der Waals surface area contributed by atoms with Crippen molar-refractivity contribution in [2.24, 2.45) is 5.92 Å². The van der Waals surface area contributed by atoms with E-state index in [-0.39, 0.29) is 11.8 Å². The Balaban J connectivity index is 1.31. The highest BCUT2D eigenvalue weighted by Gasteiger charge is 2.24. The van der Waals surface area contributed by atoms with Crippen molar-refractivity contribution in [3.63, 3.8) is 0 Å². The molecule has 2 aliphatic rings. The third kappa shape index (κ3) is 6.72. The molecule has 1 saturated carbocycles. The van der Waals surface area contributed by atoms with Crippen LogP contribution < -0.4 is 10.1 Å². The average molecular weight is 391 g/mol. The van der Waals surface area contributed by atoms with E-state index in [1.165, 1.54) is 37.7 Å². The number of hydrogen-bond donors (Lipinski definition) is 1. The van der Waals surface area contributed by atoms with Crippen molar-refractivity contribution in [3.05, 3.63) is 29.8 Å². The van der Waals surface area contributed by atoms with Crippen molar-refractivity contribution in [2.75, 3.05) is 32.5 Å². The van der Waals surface area contributed by atoms with E-state index in [1.54, 1.807) is 7.11 Å². The lowest BCUT2D eigenvalue weighted by Gasteiger charge is -2.31. The van der Waals surface area contributed by atoms with Crippen molar-refractivity contribution in [3.8, 4) is 5.75 Å². The van der Waals surface area contributed by atoms with Crippen LogP contribution in [0.25, 0.3) is 0 Å². The lowest BCUT2D eigenvalue weighted by atomic mass is 9.95. The molecule has 3 rings (SSSR count). The summed E-state index contributed by atoms with van der Waals surface area (Å²) in [7, 11) is 1.71. The molecule has 1 saturated heterocycles. The summed E-state index contributed by atoms with van der Waals surface area (Å²) < 4.78 is 5.30. The minimum atomic E-state index is 0.186. The van der Waals surface area contributed by atoms with Gasteiger partial charge in [0, 0.05) is 30.0 Å². The SMILES string of the molecule is COc1cccc(CN2CCC(C(=O)NCCSC3CCCCC3)CC2)c1. The first-order valence-corrected chi connectivity index (χ1v) is 11.5. The van der Waals surface area contributed by atoms with E-state index >= 15 is 0 Å². The van der Waals surface area contributed by atoms with Crippen molar-refractivity contribution in [1.29, 1.82) is 0 Å². The molecule has 2 fully saturated rings. The third-order valence-corrected chi connectivity index (χ3v) is 7.19. The predicted molar refractivity (Wildman–Crippen MR) is 113 cm³/mol. The van der Waals surface area contributed by atoms with Gasteiger partial charge in [-0.1, -0.05) is 31.4 Å². The number of nitrogens with one attached hydrogen (secondary N) is 1. The summed E-state index contributed by atoms with van der Waals surface area (Å²) in [6, 6.07) is 8.26. The normalized spacial score (nSPS) is 19.7. The maximum atomic E-state index is 12.4. The summed E-state index contributed by atoms with van der Waals surface area (Å²) in [6.45, 7) is 3.74. The summed E-state index contributed by atoms with van der Waals surface area (Å²) in [5.41, 5.74) is 1.27. The third-order valence-electron chi connectivity index (χ3n) is 5.81. The Labute approximate surface area is 168 Å². The summed E-state index contributed by atoms with van der Waals surface area (Å²) in [5.74, 6) is 2.42. The molecule has 1 aromatic carbocycles. The zero-order valence-electron chi connectivity index (χ0n) is 16.6. The molecule has 150 valence electrons. The number of ether oxygens (including phenoxy) is 1. The summed E-state index contributed by atoms with van der Waals surface area (Å²) >= 11 is 2.06. The zero-order valence-corrected chi connectivity index (χ0v) is 17.4. The van der Waals surface area contributed by atoms with Gasteiger partial charge < -0.3 is 10.1 Å². The summed E-state index contributed by atoms with van der Waals surface area (Å²) in [6.07, 6.45) is 8.84. The first kappa shape index (κ1) is 20.5. The minimum Gasteiger partial charge on any atom is -0.497 e. The second kappa shape index (κ2) is 11.0. The zero-order chi connectivity index (χ0) is 18.9. The first-order valence-electron chi connectivity index (χ1n) is 10.5. The fourth-order valence-electron chi connectivity index (χ4n) is 4.16. The van der Waals surface area contributed by atoms with Crippen LogP contribution in [-0.2, 0) is 11.3 Å². The van der Waals surface area contributed by atoms with E-state index < -0.39 is 0 Å². The fraction of sp³-hybridized carbons (Fsp3) is 0.682. The minimum absolute atomic E-state index is 0.186. The summed E-state index contributed by atoms with van der Waals surface area (Å²) in [5, 5.41) is 4.01. The molecule has 5 heteroatoms. The molecule has 0 atom stereocenters. The molecule has 0 aromatic heterocycles. The highest BCUT2D eigenvalue weighted by molar-refractivity contribution is 7.99. The van der Waals surface area contributed by atoms with Gasteiger partial charge in [0.05, 0.1) is 7.11 Å². The van der Waals surface area contributed by atoms with Crippen LogP contribution in [0.15, 0.2) is 24.3 Å². The number of rotatable bonds is 8. The van der Waals surface area contributed by atoms with E-state index in [0.717, 1.165) is 55.8 Å². The van der Waals surface area contributed by atoms with E-state index in [4.69, 9.17) is 4.74 Å². The standard InChI is InChI=1S/C22H34N2O2S/c1-26-20-7-5-6-18(16-20)17-24-13-10-19(11-14-24)22(25)23-12-15-27-21-8-3-2-4-9-21/h5-7,16,19,21H,2-4,8-15,17H2,1H3,(H,23,25). The Morgan fingerprint density at radius 3 is 2.70 bits per heavy atom. The number of amides is 1. The van der Waals surface area contributed by atoms with E-state index in [0.29, 0.717) is 0 Å². The second-order valence-corrected chi connectivity index (χ2v) is 9.23. The number of hydrogen-bond acceptors (Lipinski definition) is 4. The Bertz CT molecular complexity index is 581. The molecule has 0 radical (unpaired) electrons. The first-order chi connectivity index (χ1) is 13.2. The molecular weight excluding hydrogens is 356 g/mol. The molecule has 1 amide bonds. The topological polar surface area (TPSA) is 41.6 Å². The van der Waals surface area contributed by atoms with Crippen LogP contribution in [0.5, 0.6) is 5.75 Å². The number of thioether (sulfide) groups is 1. The van der Waals surface area contributed by atoms with Crippen LogP contribution in [0.1, 0.15) is 50.5 Å².